The molecule has 1 atom stereocenters. The summed E-state index contributed by atoms with van der Waals surface area (Å²) in [6.45, 7) is 5.16. The second-order valence-electron chi connectivity index (χ2n) is 6.11. The lowest BCUT2D eigenvalue weighted by Crippen LogP contribution is -2.49. The Kier molecular flexibility index (Phi) is 7.59. The lowest BCUT2D eigenvalue weighted by atomic mass is 10.1. The predicted octanol–water partition coefficient (Wildman–Crippen LogP) is 1.67. The minimum absolute atomic E-state index is 0.0359. The van der Waals surface area contributed by atoms with E-state index in [-0.39, 0.29) is 11.8 Å². The third-order valence-electron chi connectivity index (χ3n) is 4.15. The van der Waals surface area contributed by atoms with Crippen molar-refractivity contribution in [3.63, 3.8) is 0 Å². The average molecular weight is 350 g/mol. The Morgan fingerprint density at radius 1 is 1.33 bits per heavy atom. The van der Waals surface area contributed by atoms with Crippen LogP contribution in [0.4, 0.5) is 0 Å². The van der Waals surface area contributed by atoms with E-state index >= 15 is 0 Å². The first kappa shape index (κ1) is 18.8. The van der Waals surface area contributed by atoms with Crippen LogP contribution in [0.2, 0.25) is 0 Å². The van der Waals surface area contributed by atoms with Crippen LogP contribution >= 0.6 is 11.8 Å². The molecule has 1 aromatic carbocycles. The third kappa shape index (κ3) is 5.53. The van der Waals surface area contributed by atoms with Crippen molar-refractivity contribution in [3.05, 3.63) is 35.4 Å². The standard InChI is InChI=1S/C18H27N3O2S/c1-14-5-3-6-15(13-14)17(22)20-16(7-12-24-2)18(23)21-10-4-8-19-9-11-21/h3,5-6,13,16,19H,4,7-12H2,1-2H3,(H,20,22). The van der Waals surface area contributed by atoms with Gasteiger partial charge in [0.25, 0.3) is 5.91 Å². The van der Waals surface area contributed by atoms with E-state index in [0.717, 1.165) is 37.4 Å². The number of hydrogen-bond donors (Lipinski definition) is 2. The summed E-state index contributed by atoms with van der Waals surface area (Å²) in [5.74, 6) is 0.705. The van der Waals surface area contributed by atoms with Crippen LogP contribution < -0.4 is 10.6 Å². The van der Waals surface area contributed by atoms with Gasteiger partial charge >= 0.3 is 0 Å². The number of rotatable bonds is 6. The van der Waals surface area contributed by atoms with Gasteiger partial charge in [0, 0.05) is 25.2 Å². The summed E-state index contributed by atoms with van der Waals surface area (Å²) in [7, 11) is 0. The van der Waals surface area contributed by atoms with E-state index in [4.69, 9.17) is 0 Å². The summed E-state index contributed by atoms with van der Waals surface area (Å²) in [4.78, 5) is 27.3. The first-order valence-corrected chi connectivity index (χ1v) is 9.87. The van der Waals surface area contributed by atoms with E-state index in [0.29, 0.717) is 18.5 Å². The molecule has 0 spiro atoms. The van der Waals surface area contributed by atoms with Gasteiger partial charge in [0.15, 0.2) is 0 Å². The highest BCUT2D eigenvalue weighted by atomic mass is 32.2. The van der Waals surface area contributed by atoms with Gasteiger partial charge in [-0.2, -0.15) is 11.8 Å². The normalized spacial score (nSPS) is 16.3. The van der Waals surface area contributed by atoms with Gasteiger partial charge in [0.05, 0.1) is 0 Å². The molecule has 1 fully saturated rings. The molecule has 1 aromatic rings. The molecule has 24 heavy (non-hydrogen) atoms. The minimum atomic E-state index is -0.455. The fraction of sp³-hybridized carbons (Fsp3) is 0.556. The molecule has 2 N–H and O–H groups in total. The van der Waals surface area contributed by atoms with Crippen LogP contribution in [-0.4, -0.2) is 60.9 Å². The van der Waals surface area contributed by atoms with E-state index in [1.165, 1.54) is 0 Å². The number of hydrogen-bond acceptors (Lipinski definition) is 4. The number of benzene rings is 1. The van der Waals surface area contributed by atoms with Crippen molar-refractivity contribution in [2.75, 3.05) is 38.2 Å². The molecule has 0 bridgehead atoms. The average Bonchev–Trinajstić information content (AvgIpc) is 2.87. The smallest absolute Gasteiger partial charge is 0.251 e. The molecule has 5 nitrogen and oxygen atoms in total. The summed E-state index contributed by atoms with van der Waals surface area (Å²) in [5, 5.41) is 6.25. The molecule has 1 unspecified atom stereocenters. The maximum Gasteiger partial charge on any atom is 0.251 e. The highest BCUT2D eigenvalue weighted by Gasteiger charge is 2.26. The van der Waals surface area contributed by atoms with Crippen molar-refractivity contribution in [3.8, 4) is 0 Å². The molecular weight excluding hydrogens is 322 g/mol. The highest BCUT2D eigenvalue weighted by molar-refractivity contribution is 7.98. The molecule has 1 saturated heterocycles. The minimum Gasteiger partial charge on any atom is -0.340 e. The van der Waals surface area contributed by atoms with Crippen molar-refractivity contribution >= 4 is 23.6 Å². The second kappa shape index (κ2) is 9.69. The van der Waals surface area contributed by atoms with E-state index in [2.05, 4.69) is 10.6 Å². The number of nitrogens with one attached hydrogen (secondary N) is 2. The van der Waals surface area contributed by atoms with Crippen LogP contribution in [0.25, 0.3) is 0 Å². The first-order chi connectivity index (χ1) is 11.6. The zero-order chi connectivity index (χ0) is 17.4. The van der Waals surface area contributed by atoms with Crippen molar-refractivity contribution < 1.29 is 9.59 Å². The Hall–Kier alpha value is -1.53. The first-order valence-electron chi connectivity index (χ1n) is 8.48. The molecule has 132 valence electrons. The van der Waals surface area contributed by atoms with Crippen LogP contribution in [0.1, 0.15) is 28.8 Å². The molecule has 1 aliphatic heterocycles. The summed E-state index contributed by atoms with van der Waals surface area (Å²) in [6.07, 6.45) is 3.62. The van der Waals surface area contributed by atoms with Gasteiger partial charge in [-0.1, -0.05) is 17.7 Å². The molecule has 1 heterocycles. The predicted molar refractivity (Wildman–Crippen MR) is 99.5 cm³/mol. The van der Waals surface area contributed by atoms with Gasteiger partial charge in [-0.05, 0) is 50.5 Å². The van der Waals surface area contributed by atoms with Crippen LogP contribution in [0.5, 0.6) is 0 Å². The Bertz CT molecular complexity index is 557. The number of carbonyl (C=O) groups is 2. The molecule has 2 rings (SSSR count). The fourth-order valence-corrected chi connectivity index (χ4v) is 3.28. The maximum absolute atomic E-state index is 12.9. The Balaban J connectivity index is 2.06. The SMILES string of the molecule is CSCCC(NC(=O)c1cccc(C)c1)C(=O)N1CCCNCC1. The molecule has 2 amide bonds. The van der Waals surface area contributed by atoms with Crippen molar-refractivity contribution in [1.29, 1.82) is 0 Å². The fourth-order valence-electron chi connectivity index (χ4n) is 2.81. The zero-order valence-electron chi connectivity index (χ0n) is 14.5. The zero-order valence-corrected chi connectivity index (χ0v) is 15.3. The third-order valence-corrected chi connectivity index (χ3v) is 4.79. The van der Waals surface area contributed by atoms with E-state index in [9.17, 15) is 9.59 Å². The van der Waals surface area contributed by atoms with E-state index in [1.807, 2.05) is 36.3 Å². The van der Waals surface area contributed by atoms with Crippen molar-refractivity contribution in [2.24, 2.45) is 0 Å². The Morgan fingerprint density at radius 2 is 2.17 bits per heavy atom. The molecule has 0 saturated carbocycles. The van der Waals surface area contributed by atoms with Crippen LogP contribution in [0.3, 0.4) is 0 Å². The molecule has 0 aliphatic carbocycles. The van der Waals surface area contributed by atoms with Gasteiger partial charge in [-0.25, -0.2) is 0 Å². The van der Waals surface area contributed by atoms with E-state index < -0.39 is 6.04 Å². The van der Waals surface area contributed by atoms with Gasteiger partial charge in [0.1, 0.15) is 6.04 Å². The van der Waals surface area contributed by atoms with Crippen LogP contribution in [0.15, 0.2) is 24.3 Å². The van der Waals surface area contributed by atoms with Gasteiger partial charge in [-0.3, -0.25) is 9.59 Å². The Labute approximate surface area is 148 Å². The number of nitrogens with zero attached hydrogens (tertiary/aromatic N) is 1. The van der Waals surface area contributed by atoms with Crippen LogP contribution in [0, 0.1) is 6.92 Å². The number of aryl methyl sites for hydroxylation is 1. The molecular formula is C18H27N3O2S. The van der Waals surface area contributed by atoms with Gasteiger partial charge < -0.3 is 15.5 Å². The topological polar surface area (TPSA) is 61.4 Å². The summed E-state index contributed by atoms with van der Waals surface area (Å²) in [5.41, 5.74) is 1.64. The summed E-state index contributed by atoms with van der Waals surface area (Å²) < 4.78 is 0. The number of amides is 2. The van der Waals surface area contributed by atoms with Gasteiger partial charge in [-0.15, -0.1) is 0 Å². The molecule has 6 heteroatoms. The lowest BCUT2D eigenvalue weighted by Gasteiger charge is -2.26. The van der Waals surface area contributed by atoms with Crippen molar-refractivity contribution in [2.45, 2.75) is 25.8 Å². The second-order valence-corrected chi connectivity index (χ2v) is 7.09. The largest absolute Gasteiger partial charge is 0.340 e. The molecule has 1 aliphatic rings. The highest BCUT2D eigenvalue weighted by Crippen LogP contribution is 2.09. The maximum atomic E-state index is 12.9. The summed E-state index contributed by atoms with van der Waals surface area (Å²) in [6, 6.07) is 7.00. The van der Waals surface area contributed by atoms with Crippen molar-refractivity contribution in [1.82, 2.24) is 15.5 Å². The molecule has 0 radical (unpaired) electrons. The number of carbonyl (C=O) groups excluding carboxylic acids is 2. The van der Waals surface area contributed by atoms with Crippen LogP contribution in [-0.2, 0) is 4.79 Å². The van der Waals surface area contributed by atoms with Gasteiger partial charge in [0.2, 0.25) is 5.91 Å². The van der Waals surface area contributed by atoms with E-state index in [1.54, 1.807) is 17.8 Å². The monoisotopic (exact) mass is 349 g/mol. The molecule has 0 aromatic heterocycles. The Morgan fingerprint density at radius 3 is 2.92 bits per heavy atom. The quantitative estimate of drug-likeness (QED) is 0.820. The lowest BCUT2D eigenvalue weighted by molar-refractivity contribution is -0.133. The number of thioether (sulfide) groups is 1. The summed E-state index contributed by atoms with van der Waals surface area (Å²) >= 11 is 1.69.